The van der Waals surface area contributed by atoms with E-state index in [1.54, 1.807) is 0 Å². The van der Waals surface area contributed by atoms with Crippen LogP contribution in [0.4, 0.5) is 0 Å². The Labute approximate surface area is 112 Å². The predicted molar refractivity (Wildman–Crippen MR) is 80.5 cm³/mol. The minimum absolute atomic E-state index is 0.583. The Morgan fingerprint density at radius 2 is 2.00 bits per heavy atom. The molecule has 0 fully saturated rings. The molecule has 94 valence electrons. The molecule has 2 aromatic carbocycles. The second-order valence-electron chi connectivity index (χ2n) is 5.59. The molecule has 1 heterocycles. The van der Waals surface area contributed by atoms with Gasteiger partial charge in [0.15, 0.2) is 0 Å². The minimum Gasteiger partial charge on any atom is -0.455 e. The van der Waals surface area contributed by atoms with E-state index in [0.717, 1.165) is 17.6 Å². The van der Waals surface area contributed by atoms with Crippen molar-refractivity contribution in [2.45, 2.75) is 26.2 Å². The van der Waals surface area contributed by atoms with Gasteiger partial charge in [-0.15, -0.1) is 0 Å². The number of benzene rings is 2. The van der Waals surface area contributed by atoms with Gasteiger partial charge in [-0.3, -0.25) is 0 Å². The van der Waals surface area contributed by atoms with Crippen molar-refractivity contribution in [3.63, 3.8) is 0 Å². The predicted octanol–water partition coefficient (Wildman–Crippen LogP) is 5.41. The van der Waals surface area contributed by atoms with Crippen LogP contribution in [0.2, 0.25) is 0 Å². The van der Waals surface area contributed by atoms with Crippen LogP contribution in [0.5, 0.6) is 0 Å². The van der Waals surface area contributed by atoms with Gasteiger partial charge in [-0.1, -0.05) is 42.8 Å². The monoisotopic (exact) mass is 248 g/mol. The Morgan fingerprint density at radius 1 is 1.11 bits per heavy atom. The third-order valence-corrected chi connectivity index (χ3v) is 4.17. The van der Waals surface area contributed by atoms with Crippen molar-refractivity contribution >= 4 is 28.0 Å². The molecule has 1 aliphatic rings. The van der Waals surface area contributed by atoms with E-state index in [9.17, 15) is 0 Å². The van der Waals surface area contributed by atoms with E-state index in [2.05, 4.69) is 56.3 Å². The molecule has 1 aliphatic carbocycles. The average Bonchev–Trinajstić information content (AvgIpc) is 2.77. The molecule has 0 amide bonds. The van der Waals surface area contributed by atoms with Crippen LogP contribution in [0.25, 0.3) is 28.0 Å². The second-order valence-corrected chi connectivity index (χ2v) is 5.59. The van der Waals surface area contributed by atoms with Crippen LogP contribution < -0.4 is 0 Å². The summed E-state index contributed by atoms with van der Waals surface area (Å²) in [5, 5.41) is 2.46. The highest BCUT2D eigenvalue weighted by molar-refractivity contribution is 6.08. The quantitative estimate of drug-likeness (QED) is 0.518. The van der Waals surface area contributed by atoms with Crippen molar-refractivity contribution in [2.24, 2.45) is 0 Å². The van der Waals surface area contributed by atoms with Crippen molar-refractivity contribution in [1.82, 2.24) is 0 Å². The van der Waals surface area contributed by atoms with Crippen molar-refractivity contribution < 1.29 is 4.42 Å². The smallest absolute Gasteiger partial charge is 0.142 e. The van der Waals surface area contributed by atoms with E-state index < -0.39 is 0 Å². The fraction of sp³-hybridized carbons (Fsp3) is 0.222. The summed E-state index contributed by atoms with van der Waals surface area (Å²) < 4.78 is 6.10. The zero-order valence-corrected chi connectivity index (χ0v) is 11.2. The molecule has 1 atom stereocenters. The van der Waals surface area contributed by atoms with Crippen LogP contribution in [0.1, 0.15) is 36.0 Å². The maximum Gasteiger partial charge on any atom is 0.142 e. The van der Waals surface area contributed by atoms with Crippen molar-refractivity contribution in [3.8, 4) is 0 Å². The zero-order chi connectivity index (χ0) is 13.0. The first-order valence-electron chi connectivity index (χ1n) is 6.86. The number of hydrogen-bond donors (Lipinski definition) is 0. The van der Waals surface area contributed by atoms with Gasteiger partial charge in [0.2, 0.25) is 0 Å². The lowest BCUT2D eigenvalue weighted by molar-refractivity contribution is 0.664. The SMILES string of the molecule is Cc1ccc2oc3c4c(ccc3c2c1)C(C)CC=C4. The molecule has 0 saturated carbocycles. The number of fused-ring (bicyclic) bond motifs is 5. The van der Waals surface area contributed by atoms with Gasteiger partial charge in [0.05, 0.1) is 0 Å². The molecule has 0 saturated heterocycles. The van der Waals surface area contributed by atoms with Crippen LogP contribution in [0.3, 0.4) is 0 Å². The Balaban J connectivity index is 2.16. The largest absolute Gasteiger partial charge is 0.455 e. The Hall–Kier alpha value is -2.02. The first-order valence-corrected chi connectivity index (χ1v) is 6.86. The van der Waals surface area contributed by atoms with Gasteiger partial charge >= 0.3 is 0 Å². The summed E-state index contributed by atoms with van der Waals surface area (Å²) in [5.74, 6) is 0.583. The van der Waals surface area contributed by atoms with Gasteiger partial charge in [-0.05, 0) is 37.0 Å². The van der Waals surface area contributed by atoms with Gasteiger partial charge < -0.3 is 4.42 Å². The zero-order valence-electron chi connectivity index (χ0n) is 11.2. The summed E-state index contributed by atoms with van der Waals surface area (Å²) in [6, 6.07) is 10.9. The fourth-order valence-electron chi connectivity index (χ4n) is 3.11. The molecule has 1 heteroatoms. The lowest BCUT2D eigenvalue weighted by atomic mass is 9.87. The number of hydrogen-bond acceptors (Lipinski definition) is 1. The first-order chi connectivity index (χ1) is 9.24. The van der Waals surface area contributed by atoms with Crippen LogP contribution in [-0.4, -0.2) is 0 Å². The lowest BCUT2D eigenvalue weighted by Crippen LogP contribution is -1.99. The highest BCUT2D eigenvalue weighted by atomic mass is 16.3. The van der Waals surface area contributed by atoms with Gasteiger partial charge in [-0.2, -0.15) is 0 Å². The van der Waals surface area contributed by atoms with Crippen molar-refractivity contribution in [3.05, 3.63) is 53.1 Å². The topological polar surface area (TPSA) is 13.1 Å². The maximum atomic E-state index is 6.10. The second kappa shape index (κ2) is 3.74. The van der Waals surface area contributed by atoms with E-state index in [1.165, 1.54) is 27.5 Å². The van der Waals surface area contributed by atoms with Crippen molar-refractivity contribution in [2.75, 3.05) is 0 Å². The standard InChI is InChI=1S/C18H16O/c1-11-6-9-17-16(10-11)15-8-7-13-12(2)4-3-5-14(13)18(15)19-17/h3,5-10,12H,4H2,1-2H3. The lowest BCUT2D eigenvalue weighted by Gasteiger charge is -2.17. The molecule has 0 aliphatic heterocycles. The third kappa shape index (κ3) is 1.48. The Morgan fingerprint density at radius 3 is 2.89 bits per heavy atom. The normalized spacial score (nSPS) is 18.1. The van der Waals surface area contributed by atoms with E-state index >= 15 is 0 Å². The fourth-order valence-corrected chi connectivity index (χ4v) is 3.11. The summed E-state index contributed by atoms with van der Waals surface area (Å²) >= 11 is 0. The Kier molecular flexibility index (Phi) is 2.14. The molecule has 0 bridgehead atoms. The number of aryl methyl sites for hydroxylation is 1. The van der Waals surface area contributed by atoms with E-state index in [1.807, 2.05) is 0 Å². The summed E-state index contributed by atoms with van der Waals surface area (Å²) in [4.78, 5) is 0. The average molecular weight is 248 g/mol. The van der Waals surface area contributed by atoms with Crippen LogP contribution in [0, 0.1) is 6.92 Å². The van der Waals surface area contributed by atoms with Gasteiger partial charge in [0.25, 0.3) is 0 Å². The molecular formula is C18H16O. The summed E-state index contributed by atoms with van der Waals surface area (Å²) in [6.07, 6.45) is 5.59. The molecular weight excluding hydrogens is 232 g/mol. The van der Waals surface area contributed by atoms with Gasteiger partial charge in [-0.25, -0.2) is 0 Å². The third-order valence-electron chi connectivity index (χ3n) is 4.17. The van der Waals surface area contributed by atoms with Crippen LogP contribution in [0.15, 0.2) is 40.8 Å². The maximum absolute atomic E-state index is 6.10. The van der Waals surface area contributed by atoms with Gasteiger partial charge in [0.1, 0.15) is 11.2 Å². The highest BCUT2D eigenvalue weighted by Crippen LogP contribution is 2.38. The Bertz CT molecular complexity index is 820. The molecule has 4 rings (SSSR count). The number of allylic oxidation sites excluding steroid dienone is 1. The van der Waals surface area contributed by atoms with Crippen LogP contribution in [-0.2, 0) is 0 Å². The molecule has 1 aromatic heterocycles. The highest BCUT2D eigenvalue weighted by Gasteiger charge is 2.18. The number of rotatable bonds is 0. The minimum atomic E-state index is 0.583. The van der Waals surface area contributed by atoms with Gasteiger partial charge in [0, 0.05) is 16.3 Å². The van der Waals surface area contributed by atoms with E-state index in [-0.39, 0.29) is 0 Å². The first kappa shape index (κ1) is 10.9. The van der Waals surface area contributed by atoms with Crippen molar-refractivity contribution in [1.29, 1.82) is 0 Å². The van der Waals surface area contributed by atoms with Crippen LogP contribution >= 0.6 is 0 Å². The molecule has 3 aromatic rings. The summed E-state index contributed by atoms with van der Waals surface area (Å²) in [6.45, 7) is 4.40. The number of furan rings is 1. The van der Waals surface area contributed by atoms with E-state index in [4.69, 9.17) is 4.42 Å². The van der Waals surface area contributed by atoms with E-state index in [0.29, 0.717) is 5.92 Å². The molecule has 19 heavy (non-hydrogen) atoms. The molecule has 1 nitrogen and oxygen atoms in total. The molecule has 1 unspecified atom stereocenters. The molecule has 0 spiro atoms. The summed E-state index contributed by atoms with van der Waals surface area (Å²) in [5.41, 5.74) is 5.98. The molecule has 0 N–H and O–H groups in total. The molecule has 0 radical (unpaired) electrons. The summed E-state index contributed by atoms with van der Waals surface area (Å²) in [7, 11) is 0.